The number of anilines is 1. The van der Waals surface area contributed by atoms with Crippen LogP contribution < -0.4 is 15.8 Å². The van der Waals surface area contributed by atoms with Gasteiger partial charge in [-0.25, -0.2) is 4.39 Å². The lowest BCUT2D eigenvalue weighted by molar-refractivity contribution is -0.272. The molecule has 12 heteroatoms. The van der Waals surface area contributed by atoms with Gasteiger partial charge in [-0.1, -0.05) is 13.0 Å². The number of hydrogen-bond donors (Lipinski definition) is 2. The van der Waals surface area contributed by atoms with Crippen LogP contribution in [0.3, 0.4) is 0 Å². The molecular formula is C21H20F5N3O4. The molecule has 1 aliphatic rings. The SMILES string of the molecule is [2H]C([2H])([2H])Oc1c([C@H]2[C@H](C(=O)Nc3ccnc(C(N)=O)c3)O[C@](C)(C(F)(F)F)[C@H]2C)ccc(F)c1F. The zero-order chi connectivity index (χ0) is 27.2. The van der Waals surface area contributed by atoms with Gasteiger partial charge in [-0.3, -0.25) is 14.6 Å². The van der Waals surface area contributed by atoms with Crippen LogP contribution in [0.15, 0.2) is 30.5 Å². The summed E-state index contributed by atoms with van der Waals surface area (Å²) < 4.78 is 102. The summed E-state index contributed by atoms with van der Waals surface area (Å²) in [6, 6.07) is 3.70. The fourth-order valence-corrected chi connectivity index (χ4v) is 3.79. The number of carbonyl (C=O) groups excluding carboxylic acids is 2. The van der Waals surface area contributed by atoms with Gasteiger partial charge in [0.2, 0.25) is 5.82 Å². The summed E-state index contributed by atoms with van der Waals surface area (Å²) >= 11 is 0. The number of hydrogen-bond acceptors (Lipinski definition) is 5. The highest BCUT2D eigenvalue weighted by molar-refractivity contribution is 5.97. The number of nitrogens with two attached hydrogens (primary N) is 1. The summed E-state index contributed by atoms with van der Waals surface area (Å²) in [7, 11) is -3.29. The van der Waals surface area contributed by atoms with Gasteiger partial charge in [0.05, 0.1) is 11.2 Å². The van der Waals surface area contributed by atoms with Crippen molar-refractivity contribution in [2.24, 2.45) is 11.7 Å². The second-order valence-corrected chi connectivity index (χ2v) is 7.62. The largest absolute Gasteiger partial charge is 0.493 e. The van der Waals surface area contributed by atoms with Crippen molar-refractivity contribution >= 4 is 17.5 Å². The van der Waals surface area contributed by atoms with Crippen LogP contribution in [0.4, 0.5) is 27.6 Å². The van der Waals surface area contributed by atoms with Gasteiger partial charge in [0.25, 0.3) is 11.8 Å². The quantitative estimate of drug-likeness (QED) is 0.643. The molecular weight excluding hydrogens is 453 g/mol. The third-order valence-electron chi connectivity index (χ3n) is 5.75. The number of halogens is 5. The van der Waals surface area contributed by atoms with Crippen LogP contribution in [0.1, 0.15) is 39.9 Å². The summed E-state index contributed by atoms with van der Waals surface area (Å²) in [6.45, 7) is 1.75. The van der Waals surface area contributed by atoms with Gasteiger partial charge in [-0.2, -0.15) is 17.6 Å². The number of primary amides is 1. The maximum absolute atomic E-state index is 14.6. The molecule has 0 spiro atoms. The van der Waals surface area contributed by atoms with E-state index in [2.05, 4.69) is 15.0 Å². The Balaban J connectivity index is 2.12. The van der Waals surface area contributed by atoms with E-state index in [1.54, 1.807) is 0 Å². The van der Waals surface area contributed by atoms with Crippen molar-refractivity contribution in [1.29, 1.82) is 0 Å². The van der Waals surface area contributed by atoms with E-state index in [1.165, 1.54) is 6.07 Å². The number of nitrogens with one attached hydrogen (secondary N) is 1. The predicted molar refractivity (Wildman–Crippen MR) is 106 cm³/mol. The zero-order valence-electron chi connectivity index (χ0n) is 20.2. The summed E-state index contributed by atoms with van der Waals surface area (Å²) in [4.78, 5) is 28.2. The lowest BCUT2D eigenvalue weighted by atomic mass is 9.77. The van der Waals surface area contributed by atoms with E-state index < -0.39 is 71.5 Å². The van der Waals surface area contributed by atoms with Crippen LogP contribution in [0, 0.1) is 17.6 Å². The van der Waals surface area contributed by atoms with Gasteiger partial charge < -0.3 is 20.5 Å². The van der Waals surface area contributed by atoms with Crippen molar-refractivity contribution < 1.29 is 45.1 Å². The van der Waals surface area contributed by atoms with Crippen LogP contribution in [-0.2, 0) is 9.53 Å². The molecule has 3 rings (SSSR count). The van der Waals surface area contributed by atoms with Crippen LogP contribution in [0.2, 0.25) is 0 Å². The lowest BCUT2D eigenvalue weighted by Crippen LogP contribution is -2.47. The van der Waals surface area contributed by atoms with Crippen molar-refractivity contribution in [2.75, 3.05) is 12.4 Å². The number of methoxy groups -OCH3 is 1. The number of benzene rings is 1. The van der Waals surface area contributed by atoms with E-state index in [4.69, 9.17) is 14.6 Å². The van der Waals surface area contributed by atoms with E-state index in [9.17, 15) is 31.5 Å². The molecule has 3 N–H and O–H groups in total. The minimum Gasteiger partial charge on any atom is -0.493 e. The summed E-state index contributed by atoms with van der Waals surface area (Å²) in [5, 5.41) is 2.28. The van der Waals surface area contributed by atoms with Crippen molar-refractivity contribution in [2.45, 2.75) is 37.6 Å². The molecule has 33 heavy (non-hydrogen) atoms. The molecule has 0 aliphatic carbocycles. The average molecular weight is 476 g/mol. The third kappa shape index (κ3) is 4.22. The standard InChI is InChI=1S/C21H20F5N3O4/c1-9-14(11-4-5-12(22)15(23)16(11)32-3)17(33-20(9,2)21(24,25)26)19(31)29-10-6-7-28-13(8-10)18(27)30/h4-9,14,17H,1-3H3,(H2,27,30)(H,28,29,31)/t9-,14-,17+,20-/m0/s1/i3D3. The molecule has 0 saturated carbocycles. The Kier molecular flexibility index (Phi) is 5.29. The topological polar surface area (TPSA) is 104 Å². The Hall–Kier alpha value is -3.28. The Bertz CT molecular complexity index is 1190. The maximum Gasteiger partial charge on any atom is 0.417 e. The van der Waals surface area contributed by atoms with E-state index in [0.717, 1.165) is 25.3 Å². The predicted octanol–water partition coefficient (Wildman–Crippen LogP) is 3.55. The van der Waals surface area contributed by atoms with Crippen molar-refractivity contribution in [3.63, 3.8) is 0 Å². The number of nitrogens with zero attached hydrogens (tertiary/aromatic N) is 1. The Morgan fingerprint density at radius 1 is 1.30 bits per heavy atom. The fraction of sp³-hybridized carbons (Fsp3) is 0.381. The van der Waals surface area contributed by atoms with Gasteiger partial charge in [0, 0.05) is 29.3 Å². The minimum absolute atomic E-state index is 0.0660. The number of rotatable bonds is 5. The fourth-order valence-electron chi connectivity index (χ4n) is 3.79. The molecule has 4 atom stereocenters. The molecule has 1 aromatic carbocycles. The Morgan fingerprint density at radius 3 is 2.61 bits per heavy atom. The molecule has 178 valence electrons. The summed E-state index contributed by atoms with van der Waals surface area (Å²) in [6.07, 6.45) is -5.87. The highest BCUT2D eigenvalue weighted by Gasteiger charge is 2.65. The van der Waals surface area contributed by atoms with Crippen molar-refractivity contribution in [1.82, 2.24) is 4.98 Å². The molecule has 1 saturated heterocycles. The van der Waals surface area contributed by atoms with Crippen LogP contribution in [0.5, 0.6) is 5.75 Å². The molecule has 2 heterocycles. The van der Waals surface area contributed by atoms with Gasteiger partial charge in [0.1, 0.15) is 11.8 Å². The Labute approximate surface area is 189 Å². The van der Waals surface area contributed by atoms with Gasteiger partial charge in [0.15, 0.2) is 17.2 Å². The van der Waals surface area contributed by atoms with Gasteiger partial charge in [-0.05, 0) is 25.1 Å². The van der Waals surface area contributed by atoms with Gasteiger partial charge >= 0.3 is 6.18 Å². The first kappa shape index (κ1) is 20.3. The molecule has 1 aromatic heterocycles. The molecule has 2 aromatic rings. The number of amides is 2. The number of aromatic nitrogens is 1. The normalized spacial score (nSPS) is 26.8. The molecule has 1 fully saturated rings. The van der Waals surface area contributed by atoms with E-state index in [1.807, 2.05) is 0 Å². The van der Waals surface area contributed by atoms with E-state index >= 15 is 0 Å². The third-order valence-corrected chi connectivity index (χ3v) is 5.75. The zero-order valence-corrected chi connectivity index (χ0v) is 17.2. The van der Waals surface area contributed by atoms with Crippen LogP contribution in [0.25, 0.3) is 0 Å². The monoisotopic (exact) mass is 476 g/mol. The minimum atomic E-state index is -5.01. The Morgan fingerprint density at radius 2 is 2.00 bits per heavy atom. The number of pyridine rings is 1. The van der Waals surface area contributed by atoms with Gasteiger partial charge in [-0.15, -0.1) is 0 Å². The van der Waals surface area contributed by atoms with Crippen molar-refractivity contribution in [3.05, 3.63) is 53.4 Å². The second-order valence-electron chi connectivity index (χ2n) is 7.62. The average Bonchev–Trinajstić information content (AvgIpc) is 3.03. The number of ether oxygens (including phenoxy) is 2. The maximum atomic E-state index is 14.6. The first-order valence-electron chi connectivity index (χ1n) is 10.9. The highest BCUT2D eigenvalue weighted by atomic mass is 19.4. The first-order chi connectivity index (χ1) is 16.5. The second kappa shape index (κ2) is 8.58. The van der Waals surface area contributed by atoms with E-state index in [0.29, 0.717) is 13.0 Å². The van der Waals surface area contributed by atoms with Crippen LogP contribution >= 0.6 is 0 Å². The van der Waals surface area contributed by atoms with Crippen LogP contribution in [-0.4, -0.2) is 41.7 Å². The molecule has 0 unspecified atom stereocenters. The number of alkyl halides is 3. The smallest absolute Gasteiger partial charge is 0.417 e. The highest BCUT2D eigenvalue weighted by Crippen LogP contribution is 2.55. The summed E-state index contributed by atoms with van der Waals surface area (Å²) in [5.41, 5.74) is 1.36. The molecule has 0 radical (unpaired) electrons. The van der Waals surface area contributed by atoms with Crippen molar-refractivity contribution in [3.8, 4) is 5.75 Å². The molecule has 2 amide bonds. The molecule has 0 bridgehead atoms. The first-order valence-corrected chi connectivity index (χ1v) is 9.44. The lowest BCUT2D eigenvalue weighted by Gasteiger charge is -2.32. The number of carbonyl (C=O) groups is 2. The summed E-state index contributed by atoms with van der Waals surface area (Å²) in [5.74, 6) is -9.76. The van der Waals surface area contributed by atoms with E-state index in [-0.39, 0.29) is 11.4 Å². The molecule has 7 nitrogen and oxygen atoms in total. The molecule has 1 aliphatic heterocycles.